The maximum atomic E-state index is 12.2. The van der Waals surface area contributed by atoms with Gasteiger partial charge in [0, 0.05) is 13.6 Å². The van der Waals surface area contributed by atoms with Gasteiger partial charge in [0.15, 0.2) is 0 Å². The van der Waals surface area contributed by atoms with Crippen LogP contribution in [0.25, 0.3) is 0 Å². The molecule has 0 amide bonds. The molecule has 1 rings (SSSR count). The summed E-state index contributed by atoms with van der Waals surface area (Å²) in [6.45, 7) is 1.38. The number of hydrogen-bond acceptors (Lipinski definition) is 4. The van der Waals surface area contributed by atoms with Crippen molar-refractivity contribution in [3.05, 3.63) is 24.3 Å². The van der Waals surface area contributed by atoms with Crippen molar-refractivity contribution in [3.8, 4) is 5.75 Å². The molecule has 0 aliphatic heterocycles. The van der Waals surface area contributed by atoms with E-state index in [0.29, 0.717) is 5.75 Å². The second-order valence-corrected chi connectivity index (χ2v) is 6.25. The van der Waals surface area contributed by atoms with Crippen LogP contribution < -0.4 is 4.74 Å². The van der Waals surface area contributed by atoms with Crippen molar-refractivity contribution in [3.63, 3.8) is 0 Å². The number of sulfonamides is 1. The maximum absolute atomic E-state index is 12.2. The van der Waals surface area contributed by atoms with E-state index in [1.807, 2.05) is 0 Å². The van der Waals surface area contributed by atoms with Crippen LogP contribution in [0.3, 0.4) is 0 Å². The van der Waals surface area contributed by atoms with E-state index in [9.17, 15) is 13.2 Å². The normalized spacial score (nSPS) is 13.3. The third-order valence-electron chi connectivity index (χ3n) is 2.72. The van der Waals surface area contributed by atoms with Crippen LogP contribution in [-0.4, -0.2) is 44.5 Å². The third-order valence-corrected chi connectivity index (χ3v) is 4.56. The monoisotopic (exact) mass is 287 g/mol. The Morgan fingerprint density at radius 1 is 1.37 bits per heavy atom. The molecule has 0 heterocycles. The lowest BCUT2D eigenvalue weighted by Gasteiger charge is -2.19. The van der Waals surface area contributed by atoms with Crippen LogP contribution in [-0.2, 0) is 14.8 Å². The van der Waals surface area contributed by atoms with Crippen molar-refractivity contribution in [1.29, 1.82) is 0 Å². The number of aliphatic carboxylic acids is 1. The molecule has 0 aliphatic rings. The molecule has 0 spiro atoms. The molecule has 19 heavy (non-hydrogen) atoms. The van der Waals surface area contributed by atoms with Gasteiger partial charge in [-0.05, 0) is 24.3 Å². The summed E-state index contributed by atoms with van der Waals surface area (Å²) in [6, 6.07) is 5.94. The summed E-state index contributed by atoms with van der Waals surface area (Å²) in [4.78, 5) is 10.8. The number of carbonyl (C=O) groups is 1. The Bertz CT molecular complexity index is 538. The molecule has 0 radical (unpaired) electrons. The van der Waals surface area contributed by atoms with E-state index < -0.39 is 21.9 Å². The van der Waals surface area contributed by atoms with E-state index in [4.69, 9.17) is 9.84 Å². The number of methoxy groups -OCH3 is 1. The zero-order chi connectivity index (χ0) is 14.6. The molecule has 6 nitrogen and oxygen atoms in total. The average molecular weight is 287 g/mol. The molecule has 106 valence electrons. The van der Waals surface area contributed by atoms with Gasteiger partial charge in [-0.1, -0.05) is 6.92 Å². The highest BCUT2D eigenvalue weighted by Crippen LogP contribution is 2.19. The van der Waals surface area contributed by atoms with Gasteiger partial charge in [-0.2, -0.15) is 0 Å². The fourth-order valence-corrected chi connectivity index (χ4v) is 2.75. The largest absolute Gasteiger partial charge is 0.497 e. The Balaban J connectivity index is 2.92. The molecule has 7 heteroatoms. The number of carboxylic acid groups (broad SMARTS) is 1. The molecule has 0 fully saturated rings. The number of hydrogen-bond donors (Lipinski definition) is 1. The molecule has 0 saturated carbocycles. The molecular weight excluding hydrogens is 270 g/mol. The molecule has 1 atom stereocenters. The highest BCUT2D eigenvalue weighted by molar-refractivity contribution is 7.89. The minimum atomic E-state index is -3.68. The van der Waals surface area contributed by atoms with Gasteiger partial charge >= 0.3 is 5.97 Å². The summed E-state index contributed by atoms with van der Waals surface area (Å²) in [5.41, 5.74) is 0. The number of benzene rings is 1. The van der Waals surface area contributed by atoms with Crippen molar-refractivity contribution in [2.45, 2.75) is 11.8 Å². The first-order valence-corrected chi connectivity index (χ1v) is 7.06. The highest BCUT2D eigenvalue weighted by atomic mass is 32.2. The van der Waals surface area contributed by atoms with Crippen molar-refractivity contribution in [1.82, 2.24) is 4.31 Å². The van der Waals surface area contributed by atoms with Crippen LogP contribution >= 0.6 is 0 Å². The summed E-state index contributed by atoms with van der Waals surface area (Å²) in [6.07, 6.45) is 0. The smallest absolute Gasteiger partial charge is 0.307 e. The zero-order valence-electron chi connectivity index (χ0n) is 11.0. The number of nitrogens with zero attached hydrogens (tertiary/aromatic N) is 1. The van der Waals surface area contributed by atoms with Gasteiger partial charge in [-0.15, -0.1) is 0 Å². The molecule has 0 saturated heterocycles. The predicted octanol–water partition coefficient (Wildman–Crippen LogP) is 1.04. The first-order chi connectivity index (χ1) is 8.78. The van der Waals surface area contributed by atoms with E-state index in [1.165, 1.54) is 33.2 Å². The van der Waals surface area contributed by atoms with Gasteiger partial charge in [0.05, 0.1) is 17.9 Å². The predicted molar refractivity (Wildman–Crippen MR) is 69.6 cm³/mol. The molecular formula is C12H17NO5S. The Labute approximate surface area is 112 Å². The van der Waals surface area contributed by atoms with Gasteiger partial charge in [0.25, 0.3) is 0 Å². The molecule has 1 unspecified atom stereocenters. The number of ether oxygens (including phenoxy) is 1. The third kappa shape index (κ3) is 3.68. The maximum Gasteiger partial charge on any atom is 0.307 e. The van der Waals surface area contributed by atoms with Gasteiger partial charge in [-0.3, -0.25) is 4.79 Å². The van der Waals surface area contributed by atoms with Gasteiger partial charge in [-0.25, -0.2) is 12.7 Å². The van der Waals surface area contributed by atoms with Crippen molar-refractivity contribution >= 4 is 16.0 Å². The highest BCUT2D eigenvalue weighted by Gasteiger charge is 2.24. The summed E-state index contributed by atoms with van der Waals surface area (Å²) < 4.78 is 30.4. The topological polar surface area (TPSA) is 83.9 Å². The number of carboxylic acids is 1. The second kappa shape index (κ2) is 6.03. The minimum absolute atomic E-state index is 0.0797. The van der Waals surface area contributed by atoms with Crippen LogP contribution in [0, 0.1) is 5.92 Å². The first-order valence-electron chi connectivity index (χ1n) is 5.62. The van der Waals surface area contributed by atoms with E-state index in [2.05, 4.69) is 0 Å². The minimum Gasteiger partial charge on any atom is -0.497 e. The Kier molecular flexibility index (Phi) is 4.90. The van der Waals surface area contributed by atoms with Crippen LogP contribution in [0.2, 0.25) is 0 Å². The Morgan fingerprint density at radius 3 is 2.32 bits per heavy atom. The molecule has 0 aromatic heterocycles. The number of rotatable bonds is 6. The van der Waals surface area contributed by atoms with E-state index in [-0.39, 0.29) is 11.4 Å². The van der Waals surface area contributed by atoms with Crippen molar-refractivity contribution < 1.29 is 23.1 Å². The molecule has 1 N–H and O–H groups in total. The summed E-state index contributed by atoms with van der Waals surface area (Å²) in [5.74, 6) is -1.24. The van der Waals surface area contributed by atoms with Crippen molar-refractivity contribution in [2.75, 3.05) is 20.7 Å². The lowest BCUT2D eigenvalue weighted by Crippen LogP contribution is -2.33. The van der Waals surface area contributed by atoms with Crippen LogP contribution in [0.5, 0.6) is 5.75 Å². The van der Waals surface area contributed by atoms with Crippen molar-refractivity contribution in [2.24, 2.45) is 5.92 Å². The van der Waals surface area contributed by atoms with Crippen LogP contribution in [0.1, 0.15) is 6.92 Å². The van der Waals surface area contributed by atoms with Gasteiger partial charge in [0.1, 0.15) is 5.75 Å². The second-order valence-electron chi connectivity index (χ2n) is 4.20. The summed E-state index contributed by atoms with van der Waals surface area (Å²) >= 11 is 0. The molecule has 0 bridgehead atoms. The van der Waals surface area contributed by atoms with Crippen LogP contribution in [0.15, 0.2) is 29.2 Å². The SMILES string of the molecule is COc1ccc(S(=O)(=O)N(C)CC(C)C(=O)O)cc1. The molecule has 1 aromatic rings. The quantitative estimate of drug-likeness (QED) is 0.845. The Hall–Kier alpha value is -1.60. The molecule has 1 aromatic carbocycles. The summed E-state index contributed by atoms with van der Waals surface area (Å²) in [5, 5.41) is 8.80. The zero-order valence-corrected chi connectivity index (χ0v) is 11.8. The van der Waals surface area contributed by atoms with Gasteiger partial charge in [0.2, 0.25) is 10.0 Å². The average Bonchev–Trinajstić information content (AvgIpc) is 2.38. The standard InChI is InChI=1S/C12H17NO5S/c1-9(12(14)15)8-13(2)19(16,17)11-6-4-10(18-3)5-7-11/h4-7,9H,8H2,1-3H3,(H,14,15). The van der Waals surface area contributed by atoms with Crippen LogP contribution in [0.4, 0.5) is 0 Å². The van der Waals surface area contributed by atoms with Gasteiger partial charge < -0.3 is 9.84 Å². The van der Waals surface area contributed by atoms with E-state index in [0.717, 1.165) is 4.31 Å². The lowest BCUT2D eigenvalue weighted by atomic mass is 10.2. The fraction of sp³-hybridized carbons (Fsp3) is 0.417. The molecule has 0 aliphatic carbocycles. The van der Waals surface area contributed by atoms with E-state index >= 15 is 0 Å². The van der Waals surface area contributed by atoms with E-state index in [1.54, 1.807) is 12.1 Å². The summed E-state index contributed by atoms with van der Waals surface area (Å²) in [7, 11) is -0.828. The Morgan fingerprint density at radius 2 is 1.89 bits per heavy atom. The first kappa shape index (κ1) is 15.5. The fourth-order valence-electron chi connectivity index (χ4n) is 1.49. The lowest BCUT2D eigenvalue weighted by molar-refractivity contribution is -0.141.